The van der Waals surface area contributed by atoms with Crippen molar-refractivity contribution in [1.29, 1.82) is 0 Å². The highest BCUT2D eigenvalue weighted by molar-refractivity contribution is 7.80. The van der Waals surface area contributed by atoms with Gasteiger partial charge in [-0.1, -0.05) is 30.9 Å². The van der Waals surface area contributed by atoms with Crippen LogP contribution in [0.1, 0.15) is 18.1 Å². The summed E-state index contributed by atoms with van der Waals surface area (Å²) in [6, 6.07) is 11.4. The van der Waals surface area contributed by atoms with Crippen molar-refractivity contribution in [3.63, 3.8) is 0 Å². The minimum atomic E-state index is -4.41. The summed E-state index contributed by atoms with van der Waals surface area (Å²) >= 11 is 0. The fraction of sp³-hybridized carbons (Fsp3) is 0.158. The summed E-state index contributed by atoms with van der Waals surface area (Å²) in [7, 11) is -1.62. The molecule has 7 nitrogen and oxygen atoms in total. The number of carbonyl (C=O) groups is 1. The molecular weight excluding hydrogens is 370 g/mol. The molecule has 0 unspecified atom stereocenters. The standard InChI is InChI=1S/C18H18NO2.CH4O4S/c1-14(2)18(20)21-17-8-6-15(7-9-17)4-5-16-10-12-19(3)13-11-16;1-5-6(2,3)4/h4-13H,1H2,2-3H3;1H3,(H,2,3,4)/q+1;/p-1. The molecule has 0 aliphatic heterocycles. The van der Waals surface area contributed by atoms with Gasteiger partial charge in [-0.05, 0) is 30.2 Å². The molecule has 0 saturated carbocycles. The number of rotatable bonds is 5. The fourth-order valence-electron chi connectivity index (χ4n) is 1.66. The Balaban J connectivity index is 0.000000527. The van der Waals surface area contributed by atoms with Crippen LogP contribution in [0.15, 0.2) is 60.9 Å². The lowest BCUT2D eigenvalue weighted by atomic mass is 10.1. The van der Waals surface area contributed by atoms with E-state index in [2.05, 4.69) is 10.8 Å². The Morgan fingerprint density at radius 2 is 1.52 bits per heavy atom. The third-order valence-corrected chi connectivity index (χ3v) is 3.52. The van der Waals surface area contributed by atoms with Crippen molar-refractivity contribution in [1.82, 2.24) is 0 Å². The molecule has 27 heavy (non-hydrogen) atoms. The molecule has 0 bridgehead atoms. The number of esters is 1. The molecule has 0 atom stereocenters. The first kappa shape index (κ1) is 22.2. The normalized spacial score (nSPS) is 10.8. The second-order valence-electron chi connectivity index (χ2n) is 5.44. The van der Waals surface area contributed by atoms with E-state index in [4.69, 9.17) is 4.74 Å². The van der Waals surface area contributed by atoms with Gasteiger partial charge in [-0.2, -0.15) is 0 Å². The van der Waals surface area contributed by atoms with Gasteiger partial charge >= 0.3 is 5.97 Å². The largest absolute Gasteiger partial charge is 0.726 e. The topological polar surface area (TPSA) is 96.6 Å². The van der Waals surface area contributed by atoms with E-state index in [-0.39, 0.29) is 0 Å². The zero-order chi connectivity index (χ0) is 20.4. The molecule has 0 fully saturated rings. The van der Waals surface area contributed by atoms with E-state index in [9.17, 15) is 17.8 Å². The average molecular weight is 391 g/mol. The Labute approximate surface area is 159 Å². The number of nitrogens with zero attached hydrogens (tertiary/aromatic N) is 1. The van der Waals surface area contributed by atoms with E-state index in [0.29, 0.717) is 11.3 Å². The van der Waals surface area contributed by atoms with Gasteiger partial charge in [0.2, 0.25) is 10.4 Å². The highest BCUT2D eigenvalue weighted by atomic mass is 32.3. The highest BCUT2D eigenvalue weighted by Gasteiger charge is 2.04. The summed E-state index contributed by atoms with van der Waals surface area (Å²) in [5, 5.41) is 0. The van der Waals surface area contributed by atoms with E-state index in [1.165, 1.54) is 0 Å². The highest BCUT2D eigenvalue weighted by Crippen LogP contribution is 2.15. The van der Waals surface area contributed by atoms with Crippen molar-refractivity contribution in [3.8, 4) is 5.75 Å². The van der Waals surface area contributed by atoms with Crippen LogP contribution in [-0.2, 0) is 26.4 Å². The van der Waals surface area contributed by atoms with Crippen LogP contribution in [-0.4, -0.2) is 26.0 Å². The molecule has 0 aliphatic carbocycles. The monoisotopic (exact) mass is 391 g/mol. The zero-order valence-corrected chi connectivity index (χ0v) is 16.1. The summed E-state index contributed by atoms with van der Waals surface area (Å²) < 4.78 is 38.2. The molecule has 0 radical (unpaired) electrons. The molecule has 0 amide bonds. The lowest BCUT2D eigenvalue weighted by molar-refractivity contribution is -0.671. The molecule has 1 heterocycles. The summed E-state index contributed by atoms with van der Waals surface area (Å²) in [4.78, 5) is 11.4. The maximum absolute atomic E-state index is 11.4. The molecule has 0 aliphatic rings. The van der Waals surface area contributed by atoms with Crippen LogP contribution in [0.25, 0.3) is 12.2 Å². The predicted molar refractivity (Wildman–Crippen MR) is 100 cm³/mol. The number of hydrogen-bond donors (Lipinski definition) is 0. The van der Waals surface area contributed by atoms with Crippen LogP contribution in [0.2, 0.25) is 0 Å². The molecule has 1 aromatic carbocycles. The van der Waals surface area contributed by atoms with Gasteiger partial charge in [0, 0.05) is 17.7 Å². The summed E-state index contributed by atoms with van der Waals surface area (Å²) in [5.74, 6) is 0.113. The van der Waals surface area contributed by atoms with E-state index in [0.717, 1.165) is 18.2 Å². The van der Waals surface area contributed by atoms with E-state index >= 15 is 0 Å². The molecule has 0 N–H and O–H groups in total. The first-order valence-electron chi connectivity index (χ1n) is 7.73. The first-order valence-corrected chi connectivity index (χ1v) is 9.06. The number of pyridine rings is 1. The van der Waals surface area contributed by atoms with Gasteiger partial charge in [-0.15, -0.1) is 0 Å². The Kier molecular flexibility index (Phi) is 8.53. The minimum absolute atomic E-state index is 0.385. The van der Waals surface area contributed by atoms with Crippen molar-refractivity contribution in [2.75, 3.05) is 7.11 Å². The van der Waals surface area contributed by atoms with Crippen LogP contribution in [0.5, 0.6) is 5.75 Å². The van der Waals surface area contributed by atoms with Crippen molar-refractivity contribution < 1.29 is 31.3 Å². The van der Waals surface area contributed by atoms with Crippen molar-refractivity contribution in [3.05, 3.63) is 72.1 Å². The quantitative estimate of drug-likeness (QED) is 0.194. The third kappa shape index (κ3) is 9.45. The second-order valence-corrected chi connectivity index (χ2v) is 6.59. The number of hydrogen-bond acceptors (Lipinski definition) is 6. The summed E-state index contributed by atoms with van der Waals surface area (Å²) in [6.45, 7) is 5.17. The van der Waals surface area contributed by atoms with Gasteiger partial charge in [-0.3, -0.25) is 4.18 Å². The zero-order valence-electron chi connectivity index (χ0n) is 15.3. The van der Waals surface area contributed by atoms with Gasteiger partial charge < -0.3 is 9.29 Å². The van der Waals surface area contributed by atoms with Crippen molar-refractivity contribution in [2.45, 2.75) is 6.92 Å². The number of aromatic nitrogens is 1. The first-order chi connectivity index (χ1) is 12.6. The van der Waals surface area contributed by atoms with E-state index < -0.39 is 16.4 Å². The molecule has 144 valence electrons. The van der Waals surface area contributed by atoms with E-state index in [1.54, 1.807) is 19.1 Å². The number of carbonyl (C=O) groups excluding carboxylic acids is 1. The summed E-state index contributed by atoms with van der Waals surface area (Å²) in [5.41, 5.74) is 2.56. The van der Waals surface area contributed by atoms with Gasteiger partial charge in [0.15, 0.2) is 12.4 Å². The maximum atomic E-state index is 11.4. The van der Waals surface area contributed by atoms with Crippen LogP contribution < -0.4 is 9.30 Å². The van der Waals surface area contributed by atoms with Crippen LogP contribution in [0, 0.1) is 0 Å². The minimum Gasteiger partial charge on any atom is -0.726 e. The number of aryl methyl sites for hydroxylation is 1. The molecule has 1 aromatic heterocycles. The second kappa shape index (κ2) is 10.4. The van der Waals surface area contributed by atoms with E-state index in [1.807, 2.05) is 60.4 Å². The Bertz CT molecular complexity index is 900. The predicted octanol–water partition coefficient (Wildman–Crippen LogP) is 2.26. The van der Waals surface area contributed by atoms with Gasteiger partial charge in [0.25, 0.3) is 0 Å². The molecule has 8 heteroatoms. The van der Waals surface area contributed by atoms with Gasteiger partial charge in [0.05, 0.1) is 7.11 Å². The molecule has 2 aromatic rings. The molecular formula is C19H21NO6S. The molecule has 0 saturated heterocycles. The SMILES string of the molecule is C=C(C)C(=O)Oc1ccc(C=Cc2cc[n+](C)cc2)cc1.COS(=O)(=O)[O-]. The Morgan fingerprint density at radius 3 is 1.93 bits per heavy atom. The number of ether oxygens (including phenoxy) is 1. The Hall–Kier alpha value is -2.81. The van der Waals surface area contributed by atoms with Crippen molar-refractivity contribution in [2.24, 2.45) is 7.05 Å². The van der Waals surface area contributed by atoms with Crippen molar-refractivity contribution >= 4 is 28.5 Å². The maximum Gasteiger partial charge on any atom is 0.338 e. The summed E-state index contributed by atoms with van der Waals surface area (Å²) in [6.07, 6.45) is 8.05. The molecule has 0 spiro atoms. The van der Waals surface area contributed by atoms with Crippen LogP contribution >= 0.6 is 0 Å². The fourth-order valence-corrected chi connectivity index (χ4v) is 1.66. The lowest BCUT2D eigenvalue weighted by Crippen LogP contribution is -2.25. The molecule has 2 rings (SSSR count). The van der Waals surface area contributed by atoms with Crippen LogP contribution in [0.3, 0.4) is 0 Å². The average Bonchev–Trinajstić information content (AvgIpc) is 2.62. The van der Waals surface area contributed by atoms with Gasteiger partial charge in [0.1, 0.15) is 12.8 Å². The van der Waals surface area contributed by atoms with Gasteiger partial charge in [-0.25, -0.2) is 17.8 Å². The lowest BCUT2D eigenvalue weighted by Gasteiger charge is -2.03. The smallest absolute Gasteiger partial charge is 0.338 e. The Morgan fingerprint density at radius 1 is 1.07 bits per heavy atom. The number of benzene rings is 1. The van der Waals surface area contributed by atoms with Crippen LogP contribution in [0.4, 0.5) is 0 Å². The third-order valence-electron chi connectivity index (χ3n) is 3.12.